The van der Waals surface area contributed by atoms with E-state index < -0.39 is 0 Å². The molecule has 3 heterocycles. The Bertz CT molecular complexity index is 373. The molecule has 0 amide bonds. The van der Waals surface area contributed by atoms with Crippen molar-refractivity contribution in [3.8, 4) is 0 Å². The summed E-state index contributed by atoms with van der Waals surface area (Å²) in [6, 6.07) is 2.91. The highest BCUT2D eigenvalue weighted by atomic mass is 15.3. The number of piperidine rings is 2. The molecule has 2 atom stereocenters. The summed E-state index contributed by atoms with van der Waals surface area (Å²) in [6.07, 6.45) is 6.08. The van der Waals surface area contributed by atoms with Crippen molar-refractivity contribution < 1.29 is 0 Å². The molecule has 1 aromatic rings. The third-order valence-corrected chi connectivity index (χ3v) is 4.13. The van der Waals surface area contributed by atoms with Gasteiger partial charge in [-0.25, -0.2) is 0 Å². The average Bonchev–Trinajstić information content (AvgIpc) is 2.75. The molecule has 4 nitrogen and oxygen atoms in total. The Balaban J connectivity index is 1.58. The van der Waals surface area contributed by atoms with Crippen molar-refractivity contribution in [3.05, 3.63) is 18.0 Å². The molecule has 94 valence electrons. The quantitative estimate of drug-likeness (QED) is 0.828. The summed E-state index contributed by atoms with van der Waals surface area (Å²) >= 11 is 0. The van der Waals surface area contributed by atoms with Crippen molar-refractivity contribution in [2.45, 2.75) is 31.8 Å². The monoisotopic (exact) mass is 234 g/mol. The minimum absolute atomic E-state index is 0.781. The SMILES string of the molecule is Cn1ccc(CN2CCC3NCCCC3C2)n1. The number of hydrogen-bond donors (Lipinski definition) is 1. The second-order valence-electron chi connectivity index (χ2n) is 5.47. The summed E-state index contributed by atoms with van der Waals surface area (Å²) in [6.45, 7) is 4.70. The Morgan fingerprint density at radius 1 is 1.47 bits per heavy atom. The molecule has 0 aliphatic carbocycles. The topological polar surface area (TPSA) is 33.1 Å². The Kier molecular flexibility index (Phi) is 3.16. The van der Waals surface area contributed by atoms with E-state index >= 15 is 0 Å². The van der Waals surface area contributed by atoms with Crippen molar-refractivity contribution in [1.82, 2.24) is 20.0 Å². The first kappa shape index (κ1) is 11.2. The molecule has 4 heteroatoms. The lowest BCUT2D eigenvalue weighted by atomic mass is 9.85. The molecule has 1 aromatic heterocycles. The van der Waals surface area contributed by atoms with Crippen molar-refractivity contribution in [3.63, 3.8) is 0 Å². The molecular weight excluding hydrogens is 212 g/mol. The number of aromatic nitrogens is 2. The summed E-state index contributed by atoms with van der Waals surface area (Å²) in [7, 11) is 1.99. The predicted molar refractivity (Wildman–Crippen MR) is 67.6 cm³/mol. The van der Waals surface area contributed by atoms with E-state index in [1.54, 1.807) is 0 Å². The third kappa shape index (κ3) is 2.53. The van der Waals surface area contributed by atoms with Gasteiger partial charge in [-0.3, -0.25) is 9.58 Å². The Labute approximate surface area is 103 Å². The lowest BCUT2D eigenvalue weighted by Gasteiger charge is -2.41. The van der Waals surface area contributed by atoms with Crippen LogP contribution >= 0.6 is 0 Å². The number of likely N-dealkylation sites (tertiary alicyclic amines) is 1. The van der Waals surface area contributed by atoms with Gasteiger partial charge in [0.15, 0.2) is 0 Å². The van der Waals surface area contributed by atoms with Gasteiger partial charge in [0.05, 0.1) is 5.69 Å². The van der Waals surface area contributed by atoms with Crippen LogP contribution in [-0.4, -0.2) is 40.4 Å². The fourth-order valence-electron chi connectivity index (χ4n) is 3.24. The Morgan fingerprint density at radius 2 is 2.41 bits per heavy atom. The van der Waals surface area contributed by atoms with Gasteiger partial charge in [-0.1, -0.05) is 0 Å². The van der Waals surface area contributed by atoms with E-state index in [9.17, 15) is 0 Å². The number of aryl methyl sites for hydroxylation is 1. The van der Waals surface area contributed by atoms with E-state index in [1.165, 1.54) is 44.6 Å². The van der Waals surface area contributed by atoms with Gasteiger partial charge < -0.3 is 5.32 Å². The first-order valence-corrected chi connectivity index (χ1v) is 6.75. The molecule has 3 rings (SSSR count). The summed E-state index contributed by atoms with van der Waals surface area (Å²) < 4.78 is 1.89. The van der Waals surface area contributed by atoms with E-state index in [2.05, 4.69) is 21.4 Å². The van der Waals surface area contributed by atoms with E-state index in [4.69, 9.17) is 0 Å². The van der Waals surface area contributed by atoms with Gasteiger partial charge in [0.2, 0.25) is 0 Å². The van der Waals surface area contributed by atoms with Crippen LogP contribution in [0, 0.1) is 5.92 Å². The minimum atomic E-state index is 0.781. The van der Waals surface area contributed by atoms with Gasteiger partial charge in [-0.15, -0.1) is 0 Å². The zero-order chi connectivity index (χ0) is 11.7. The largest absolute Gasteiger partial charge is 0.314 e. The van der Waals surface area contributed by atoms with Crippen LogP contribution in [0.15, 0.2) is 12.3 Å². The zero-order valence-corrected chi connectivity index (χ0v) is 10.6. The highest BCUT2D eigenvalue weighted by Crippen LogP contribution is 2.25. The van der Waals surface area contributed by atoms with Crippen LogP contribution in [0.2, 0.25) is 0 Å². The number of fused-ring (bicyclic) bond motifs is 1. The van der Waals surface area contributed by atoms with Gasteiger partial charge in [0.1, 0.15) is 0 Å². The van der Waals surface area contributed by atoms with Crippen LogP contribution in [0.1, 0.15) is 25.0 Å². The molecule has 0 spiro atoms. The number of hydrogen-bond acceptors (Lipinski definition) is 3. The summed E-state index contributed by atoms with van der Waals surface area (Å²) in [4.78, 5) is 2.57. The number of nitrogens with one attached hydrogen (secondary N) is 1. The molecule has 2 aliphatic heterocycles. The van der Waals surface area contributed by atoms with E-state index in [0.717, 1.165) is 18.5 Å². The summed E-state index contributed by atoms with van der Waals surface area (Å²) in [5.74, 6) is 0.862. The maximum Gasteiger partial charge on any atom is 0.0764 e. The van der Waals surface area contributed by atoms with Crippen molar-refractivity contribution in [1.29, 1.82) is 0 Å². The third-order valence-electron chi connectivity index (χ3n) is 4.13. The molecule has 2 unspecified atom stereocenters. The van der Waals surface area contributed by atoms with E-state index in [-0.39, 0.29) is 0 Å². The molecular formula is C13H22N4. The smallest absolute Gasteiger partial charge is 0.0764 e. The van der Waals surface area contributed by atoms with Gasteiger partial charge >= 0.3 is 0 Å². The van der Waals surface area contributed by atoms with E-state index in [0.29, 0.717) is 0 Å². The number of rotatable bonds is 2. The van der Waals surface area contributed by atoms with Gasteiger partial charge in [-0.05, 0) is 37.8 Å². The maximum atomic E-state index is 4.47. The van der Waals surface area contributed by atoms with Crippen LogP contribution in [0.25, 0.3) is 0 Å². The molecule has 1 N–H and O–H groups in total. The molecule has 0 radical (unpaired) electrons. The molecule has 2 aliphatic rings. The first-order chi connectivity index (χ1) is 8.31. The normalized spacial score (nSPS) is 30.2. The molecule has 17 heavy (non-hydrogen) atoms. The van der Waals surface area contributed by atoms with Crippen molar-refractivity contribution in [2.24, 2.45) is 13.0 Å². The first-order valence-electron chi connectivity index (χ1n) is 6.75. The van der Waals surface area contributed by atoms with Gasteiger partial charge in [0, 0.05) is 38.9 Å². The number of nitrogens with zero attached hydrogens (tertiary/aromatic N) is 3. The van der Waals surface area contributed by atoms with Gasteiger partial charge in [-0.2, -0.15) is 5.10 Å². The fourth-order valence-corrected chi connectivity index (χ4v) is 3.24. The predicted octanol–water partition coefficient (Wildman–Crippen LogP) is 0.994. The molecule has 0 aromatic carbocycles. The summed E-state index contributed by atoms with van der Waals surface area (Å²) in [5, 5.41) is 8.13. The van der Waals surface area contributed by atoms with Crippen LogP contribution in [-0.2, 0) is 13.6 Å². The van der Waals surface area contributed by atoms with Crippen LogP contribution in [0.3, 0.4) is 0 Å². The lowest BCUT2D eigenvalue weighted by Crippen LogP contribution is -2.51. The van der Waals surface area contributed by atoms with Crippen molar-refractivity contribution >= 4 is 0 Å². The highest BCUT2D eigenvalue weighted by Gasteiger charge is 2.30. The fraction of sp³-hybridized carbons (Fsp3) is 0.769. The average molecular weight is 234 g/mol. The van der Waals surface area contributed by atoms with E-state index in [1.807, 2.05) is 17.9 Å². The molecule has 0 saturated carbocycles. The Morgan fingerprint density at radius 3 is 3.24 bits per heavy atom. The maximum absolute atomic E-state index is 4.47. The molecule has 2 saturated heterocycles. The highest BCUT2D eigenvalue weighted by molar-refractivity contribution is 4.99. The zero-order valence-electron chi connectivity index (χ0n) is 10.6. The van der Waals surface area contributed by atoms with Gasteiger partial charge in [0.25, 0.3) is 0 Å². The van der Waals surface area contributed by atoms with Crippen LogP contribution < -0.4 is 5.32 Å². The van der Waals surface area contributed by atoms with Crippen LogP contribution in [0.4, 0.5) is 0 Å². The lowest BCUT2D eigenvalue weighted by molar-refractivity contribution is 0.108. The van der Waals surface area contributed by atoms with Crippen LogP contribution in [0.5, 0.6) is 0 Å². The molecule has 0 bridgehead atoms. The molecule has 2 fully saturated rings. The summed E-state index contributed by atoms with van der Waals surface area (Å²) in [5.41, 5.74) is 1.20. The second-order valence-corrected chi connectivity index (χ2v) is 5.47. The standard InChI is InChI=1S/C13H22N4/c1-16-7-4-12(15-16)10-17-8-5-13-11(9-17)3-2-6-14-13/h4,7,11,13-14H,2-3,5-6,8-10H2,1H3. The second kappa shape index (κ2) is 4.78. The Hall–Kier alpha value is -0.870. The van der Waals surface area contributed by atoms with Crippen molar-refractivity contribution in [2.75, 3.05) is 19.6 Å². The minimum Gasteiger partial charge on any atom is -0.314 e.